The van der Waals surface area contributed by atoms with E-state index in [1.165, 1.54) is 0 Å². The van der Waals surface area contributed by atoms with Crippen LogP contribution in [0.4, 0.5) is 0 Å². The third-order valence-corrected chi connectivity index (χ3v) is 2.74. The van der Waals surface area contributed by atoms with E-state index in [4.69, 9.17) is 5.11 Å². The summed E-state index contributed by atoms with van der Waals surface area (Å²) in [6.45, 7) is 8.43. The van der Waals surface area contributed by atoms with Crippen molar-refractivity contribution in [2.45, 2.75) is 59.0 Å². The van der Waals surface area contributed by atoms with E-state index in [1.807, 2.05) is 6.92 Å². The Bertz CT molecular complexity index is 267. The standard InChI is InChI=1S/C13H26N2O3/c1-5-6-11(13(17)18)15-10(4)12(16)14-8-7-9(2)3/h9-11,15H,5-8H2,1-4H3,(H,14,16)(H,17,18). The van der Waals surface area contributed by atoms with Gasteiger partial charge in [0.2, 0.25) is 5.91 Å². The first-order valence-electron chi connectivity index (χ1n) is 6.65. The highest BCUT2D eigenvalue weighted by Crippen LogP contribution is 2.00. The molecule has 0 fully saturated rings. The maximum absolute atomic E-state index is 11.7. The smallest absolute Gasteiger partial charge is 0.320 e. The Labute approximate surface area is 109 Å². The number of hydrogen-bond donors (Lipinski definition) is 3. The van der Waals surface area contributed by atoms with Crippen LogP contribution in [0.3, 0.4) is 0 Å². The van der Waals surface area contributed by atoms with Gasteiger partial charge >= 0.3 is 5.97 Å². The quantitative estimate of drug-likeness (QED) is 0.584. The van der Waals surface area contributed by atoms with Gasteiger partial charge in [-0.3, -0.25) is 14.9 Å². The van der Waals surface area contributed by atoms with Gasteiger partial charge in [0.15, 0.2) is 0 Å². The predicted octanol–water partition coefficient (Wildman–Crippen LogP) is 1.38. The van der Waals surface area contributed by atoms with Gasteiger partial charge in [0.1, 0.15) is 6.04 Å². The summed E-state index contributed by atoms with van der Waals surface area (Å²) in [6, 6.07) is -1.13. The molecule has 5 heteroatoms. The predicted molar refractivity (Wildman–Crippen MR) is 71.4 cm³/mol. The van der Waals surface area contributed by atoms with Gasteiger partial charge in [-0.1, -0.05) is 27.2 Å². The highest BCUT2D eigenvalue weighted by Gasteiger charge is 2.21. The molecule has 3 N–H and O–H groups in total. The molecule has 0 heterocycles. The van der Waals surface area contributed by atoms with Crippen molar-refractivity contribution in [3.63, 3.8) is 0 Å². The SMILES string of the molecule is CCCC(NC(C)C(=O)NCCC(C)C)C(=O)O. The fourth-order valence-electron chi connectivity index (χ4n) is 1.58. The minimum atomic E-state index is -0.904. The maximum atomic E-state index is 11.7. The summed E-state index contributed by atoms with van der Waals surface area (Å²) in [4.78, 5) is 22.7. The first-order chi connectivity index (χ1) is 8.38. The molecule has 0 aliphatic rings. The van der Waals surface area contributed by atoms with Gasteiger partial charge in [0, 0.05) is 6.54 Å². The van der Waals surface area contributed by atoms with Crippen molar-refractivity contribution in [3.05, 3.63) is 0 Å². The molecule has 106 valence electrons. The number of carboxylic acids is 1. The Morgan fingerprint density at radius 3 is 2.22 bits per heavy atom. The molecule has 2 atom stereocenters. The van der Waals surface area contributed by atoms with Gasteiger partial charge < -0.3 is 10.4 Å². The van der Waals surface area contributed by atoms with Gasteiger partial charge in [-0.15, -0.1) is 0 Å². The molecule has 1 amide bonds. The van der Waals surface area contributed by atoms with E-state index in [1.54, 1.807) is 6.92 Å². The fourth-order valence-corrected chi connectivity index (χ4v) is 1.58. The lowest BCUT2D eigenvalue weighted by molar-refractivity contribution is -0.140. The minimum Gasteiger partial charge on any atom is -0.480 e. The van der Waals surface area contributed by atoms with Crippen molar-refractivity contribution < 1.29 is 14.7 Å². The number of amides is 1. The molecule has 0 aliphatic carbocycles. The van der Waals surface area contributed by atoms with Crippen molar-refractivity contribution in [2.75, 3.05) is 6.54 Å². The van der Waals surface area contributed by atoms with E-state index in [-0.39, 0.29) is 5.91 Å². The molecule has 0 spiro atoms. The van der Waals surface area contributed by atoms with Gasteiger partial charge in [-0.2, -0.15) is 0 Å². The summed E-state index contributed by atoms with van der Waals surface area (Å²) in [6.07, 6.45) is 2.22. The molecule has 0 aromatic heterocycles. The summed E-state index contributed by atoms with van der Waals surface area (Å²) >= 11 is 0. The third-order valence-electron chi connectivity index (χ3n) is 2.74. The number of carbonyl (C=O) groups is 2. The number of carboxylic acid groups (broad SMARTS) is 1. The summed E-state index contributed by atoms with van der Waals surface area (Å²) < 4.78 is 0. The molecule has 0 aromatic rings. The summed E-state index contributed by atoms with van der Waals surface area (Å²) in [5.41, 5.74) is 0. The minimum absolute atomic E-state index is 0.141. The van der Waals surface area contributed by atoms with Crippen LogP contribution in [0.1, 0.15) is 47.0 Å². The van der Waals surface area contributed by atoms with Crippen LogP contribution in [-0.4, -0.2) is 35.6 Å². The zero-order valence-corrected chi connectivity index (χ0v) is 11.8. The van der Waals surface area contributed by atoms with Crippen LogP contribution in [0, 0.1) is 5.92 Å². The van der Waals surface area contributed by atoms with Crippen molar-refractivity contribution in [3.8, 4) is 0 Å². The Balaban J connectivity index is 4.08. The first kappa shape index (κ1) is 16.9. The molecular formula is C13H26N2O3. The van der Waals surface area contributed by atoms with E-state index >= 15 is 0 Å². The van der Waals surface area contributed by atoms with Crippen molar-refractivity contribution >= 4 is 11.9 Å². The molecule has 0 aliphatic heterocycles. The van der Waals surface area contributed by atoms with E-state index < -0.39 is 18.1 Å². The van der Waals surface area contributed by atoms with Crippen LogP contribution in [0.15, 0.2) is 0 Å². The topological polar surface area (TPSA) is 78.4 Å². The highest BCUT2D eigenvalue weighted by atomic mass is 16.4. The second-order valence-electron chi connectivity index (χ2n) is 5.04. The van der Waals surface area contributed by atoms with Crippen molar-refractivity contribution in [1.29, 1.82) is 0 Å². The third kappa shape index (κ3) is 7.27. The van der Waals surface area contributed by atoms with Crippen LogP contribution in [0.2, 0.25) is 0 Å². The lowest BCUT2D eigenvalue weighted by atomic mass is 10.1. The molecule has 0 bridgehead atoms. The molecule has 0 aromatic carbocycles. The Hall–Kier alpha value is -1.10. The number of hydrogen-bond acceptors (Lipinski definition) is 3. The van der Waals surface area contributed by atoms with Crippen LogP contribution in [-0.2, 0) is 9.59 Å². The maximum Gasteiger partial charge on any atom is 0.320 e. The zero-order valence-electron chi connectivity index (χ0n) is 11.8. The van der Waals surface area contributed by atoms with Crippen molar-refractivity contribution in [2.24, 2.45) is 5.92 Å². The Kier molecular flexibility index (Phi) is 8.37. The summed E-state index contributed by atoms with van der Waals surface area (Å²) in [5, 5.41) is 14.6. The van der Waals surface area contributed by atoms with Crippen LogP contribution in [0.5, 0.6) is 0 Å². The molecule has 0 saturated heterocycles. The monoisotopic (exact) mass is 258 g/mol. The van der Waals surface area contributed by atoms with Crippen LogP contribution in [0.25, 0.3) is 0 Å². The molecule has 18 heavy (non-hydrogen) atoms. The number of aliphatic carboxylic acids is 1. The average molecular weight is 258 g/mol. The normalized spacial score (nSPS) is 14.3. The van der Waals surface area contributed by atoms with E-state index in [9.17, 15) is 9.59 Å². The van der Waals surface area contributed by atoms with Gasteiger partial charge in [0.05, 0.1) is 6.04 Å². The fraction of sp³-hybridized carbons (Fsp3) is 0.846. The molecule has 0 radical (unpaired) electrons. The van der Waals surface area contributed by atoms with E-state index in [0.717, 1.165) is 12.8 Å². The number of rotatable bonds is 9. The lowest BCUT2D eigenvalue weighted by Crippen LogP contribution is -2.49. The highest BCUT2D eigenvalue weighted by molar-refractivity contribution is 5.82. The Morgan fingerprint density at radius 1 is 1.17 bits per heavy atom. The number of carbonyl (C=O) groups excluding carboxylic acids is 1. The van der Waals surface area contributed by atoms with Crippen molar-refractivity contribution in [1.82, 2.24) is 10.6 Å². The second kappa shape index (κ2) is 8.91. The Morgan fingerprint density at radius 2 is 1.78 bits per heavy atom. The van der Waals surface area contributed by atoms with Crippen LogP contribution >= 0.6 is 0 Å². The van der Waals surface area contributed by atoms with E-state index in [0.29, 0.717) is 18.9 Å². The molecule has 0 saturated carbocycles. The molecular weight excluding hydrogens is 232 g/mol. The summed E-state index contributed by atoms with van der Waals surface area (Å²) in [5.74, 6) is -0.503. The lowest BCUT2D eigenvalue weighted by Gasteiger charge is -2.19. The van der Waals surface area contributed by atoms with Gasteiger partial charge in [0.25, 0.3) is 0 Å². The van der Waals surface area contributed by atoms with Gasteiger partial charge in [-0.25, -0.2) is 0 Å². The summed E-state index contributed by atoms with van der Waals surface area (Å²) in [7, 11) is 0. The molecule has 5 nitrogen and oxygen atoms in total. The molecule has 2 unspecified atom stereocenters. The van der Waals surface area contributed by atoms with E-state index in [2.05, 4.69) is 24.5 Å². The first-order valence-corrected chi connectivity index (χ1v) is 6.65. The second-order valence-corrected chi connectivity index (χ2v) is 5.04. The average Bonchev–Trinajstić information content (AvgIpc) is 2.27. The zero-order chi connectivity index (χ0) is 14.1. The molecule has 0 rings (SSSR count). The number of nitrogens with one attached hydrogen (secondary N) is 2. The van der Waals surface area contributed by atoms with Crippen LogP contribution < -0.4 is 10.6 Å². The van der Waals surface area contributed by atoms with Gasteiger partial charge in [-0.05, 0) is 25.7 Å². The largest absolute Gasteiger partial charge is 0.480 e.